The smallest absolute Gasteiger partial charge is 0.269 e. The van der Waals surface area contributed by atoms with Crippen LogP contribution in [0.3, 0.4) is 0 Å². The van der Waals surface area contributed by atoms with Crippen LogP contribution in [0.2, 0.25) is 10.0 Å². The monoisotopic (exact) mass is 480 g/mol. The number of carbonyl (C=O) groups excluding carboxylic acids is 3. The molecule has 0 atom stereocenters. The Bertz CT molecular complexity index is 1330. The van der Waals surface area contributed by atoms with Gasteiger partial charge < -0.3 is 10.3 Å². The fourth-order valence-electron chi connectivity index (χ4n) is 3.29. The first-order chi connectivity index (χ1) is 15.9. The zero-order valence-electron chi connectivity index (χ0n) is 17.1. The van der Waals surface area contributed by atoms with E-state index >= 15 is 0 Å². The third-order valence-electron chi connectivity index (χ3n) is 4.87. The highest BCUT2D eigenvalue weighted by atomic mass is 35.5. The van der Waals surface area contributed by atoms with E-state index in [-0.39, 0.29) is 18.2 Å². The Balaban J connectivity index is 1.31. The number of hydrazine groups is 1. The van der Waals surface area contributed by atoms with E-state index in [9.17, 15) is 14.4 Å². The lowest BCUT2D eigenvalue weighted by Crippen LogP contribution is -2.42. The molecular weight excluding hydrogens is 463 g/mol. The summed E-state index contributed by atoms with van der Waals surface area (Å²) in [6.07, 6.45) is 1.89. The lowest BCUT2D eigenvalue weighted by atomic mass is 10.1. The molecule has 7 nitrogen and oxygen atoms in total. The second-order valence-electron chi connectivity index (χ2n) is 7.23. The van der Waals surface area contributed by atoms with E-state index in [1.165, 1.54) is 30.3 Å². The molecule has 0 aliphatic carbocycles. The Morgan fingerprint density at radius 1 is 0.788 bits per heavy atom. The second-order valence-corrected chi connectivity index (χ2v) is 8.10. The molecule has 0 unspecified atom stereocenters. The van der Waals surface area contributed by atoms with Crippen LogP contribution in [0.15, 0.2) is 72.9 Å². The van der Waals surface area contributed by atoms with Gasteiger partial charge in [-0.25, -0.2) is 0 Å². The predicted octanol–water partition coefficient (Wildman–Crippen LogP) is 4.73. The largest absolute Gasteiger partial charge is 0.361 e. The van der Waals surface area contributed by atoms with Crippen LogP contribution in [0, 0.1) is 0 Å². The van der Waals surface area contributed by atoms with Gasteiger partial charge in [0, 0.05) is 44.0 Å². The number of halogens is 2. The van der Waals surface area contributed by atoms with Gasteiger partial charge in [-0.05, 0) is 54.1 Å². The average molecular weight is 481 g/mol. The Morgan fingerprint density at radius 3 is 2.21 bits per heavy atom. The number of H-pyrrole nitrogens is 1. The highest BCUT2D eigenvalue weighted by Crippen LogP contribution is 2.20. The van der Waals surface area contributed by atoms with E-state index in [1.807, 2.05) is 24.3 Å². The molecule has 1 heterocycles. The second kappa shape index (κ2) is 9.77. The molecule has 1 aromatic heterocycles. The summed E-state index contributed by atoms with van der Waals surface area (Å²) in [5.41, 5.74) is 7.69. The maximum absolute atomic E-state index is 12.4. The Labute approximate surface area is 199 Å². The number of aromatic nitrogens is 1. The zero-order chi connectivity index (χ0) is 23.4. The van der Waals surface area contributed by atoms with Crippen LogP contribution in [0.1, 0.15) is 26.3 Å². The van der Waals surface area contributed by atoms with Crippen molar-refractivity contribution in [2.45, 2.75) is 6.42 Å². The standard InChI is InChI=1S/C24H18Cl2N4O3/c25-17-9-15(10-18(26)12-17)23(32)28-19-7-5-14(6-8-19)24(33)30-29-22(31)11-16-13-27-21-4-2-1-3-20(16)21/h1-10,12-13,27H,11H2,(H,28,32)(H,29,31)(H,30,33). The van der Waals surface area contributed by atoms with Crippen LogP contribution in [-0.4, -0.2) is 22.7 Å². The first kappa shape index (κ1) is 22.4. The van der Waals surface area contributed by atoms with E-state index in [1.54, 1.807) is 18.3 Å². The van der Waals surface area contributed by atoms with E-state index in [0.717, 1.165) is 16.5 Å². The van der Waals surface area contributed by atoms with Gasteiger partial charge in [0.05, 0.1) is 6.42 Å². The van der Waals surface area contributed by atoms with E-state index in [4.69, 9.17) is 23.2 Å². The number of amides is 3. The van der Waals surface area contributed by atoms with Gasteiger partial charge in [-0.15, -0.1) is 0 Å². The number of hydrogen-bond acceptors (Lipinski definition) is 3. The highest BCUT2D eigenvalue weighted by Gasteiger charge is 2.12. The number of anilines is 1. The number of para-hydroxylation sites is 1. The summed E-state index contributed by atoms with van der Waals surface area (Å²) >= 11 is 11.9. The summed E-state index contributed by atoms with van der Waals surface area (Å²) in [5, 5.41) is 4.37. The van der Waals surface area contributed by atoms with E-state index in [0.29, 0.717) is 26.9 Å². The van der Waals surface area contributed by atoms with Crippen molar-refractivity contribution >= 4 is 57.5 Å². The third kappa shape index (κ3) is 5.52. The van der Waals surface area contributed by atoms with Gasteiger partial charge in [0.2, 0.25) is 5.91 Å². The lowest BCUT2D eigenvalue weighted by Gasteiger charge is -2.09. The number of rotatable bonds is 5. The van der Waals surface area contributed by atoms with Crippen LogP contribution >= 0.6 is 23.2 Å². The molecule has 9 heteroatoms. The van der Waals surface area contributed by atoms with Gasteiger partial charge >= 0.3 is 0 Å². The number of fused-ring (bicyclic) bond motifs is 1. The van der Waals surface area contributed by atoms with Gasteiger partial charge in [0.1, 0.15) is 0 Å². The van der Waals surface area contributed by atoms with Crippen LogP contribution < -0.4 is 16.2 Å². The maximum atomic E-state index is 12.4. The molecule has 3 amide bonds. The molecule has 0 spiro atoms. The quantitative estimate of drug-likeness (QED) is 0.310. The van der Waals surface area contributed by atoms with Gasteiger partial charge in [-0.2, -0.15) is 0 Å². The molecule has 0 aliphatic rings. The van der Waals surface area contributed by atoms with Crippen molar-refractivity contribution in [3.05, 3.63) is 99.7 Å². The van der Waals surface area contributed by atoms with Crippen molar-refractivity contribution in [1.29, 1.82) is 0 Å². The topological polar surface area (TPSA) is 103 Å². The first-order valence-electron chi connectivity index (χ1n) is 9.91. The average Bonchev–Trinajstić information content (AvgIpc) is 3.20. The molecule has 0 bridgehead atoms. The summed E-state index contributed by atoms with van der Waals surface area (Å²) in [7, 11) is 0. The van der Waals surface area contributed by atoms with Crippen LogP contribution in [0.4, 0.5) is 5.69 Å². The number of nitrogens with one attached hydrogen (secondary N) is 4. The maximum Gasteiger partial charge on any atom is 0.269 e. The van der Waals surface area contributed by atoms with Crippen LogP contribution in [0.25, 0.3) is 10.9 Å². The Morgan fingerprint density at radius 2 is 1.48 bits per heavy atom. The molecule has 3 aromatic carbocycles. The molecule has 0 aliphatic heterocycles. The van der Waals surface area contributed by atoms with E-state index < -0.39 is 5.91 Å². The molecule has 0 radical (unpaired) electrons. The van der Waals surface area contributed by atoms with Crippen molar-refractivity contribution in [2.24, 2.45) is 0 Å². The minimum atomic E-state index is -0.484. The van der Waals surface area contributed by atoms with Gasteiger partial charge in [0.15, 0.2) is 0 Å². The molecule has 4 rings (SSSR count). The molecule has 0 saturated carbocycles. The molecular formula is C24H18Cl2N4O3. The normalized spacial score (nSPS) is 10.6. The Hall–Kier alpha value is -3.81. The SMILES string of the molecule is O=C(Cc1c[nH]c2ccccc12)NNC(=O)c1ccc(NC(=O)c2cc(Cl)cc(Cl)c2)cc1. The summed E-state index contributed by atoms with van der Waals surface area (Å²) < 4.78 is 0. The third-order valence-corrected chi connectivity index (χ3v) is 5.31. The zero-order valence-corrected chi connectivity index (χ0v) is 18.6. The predicted molar refractivity (Wildman–Crippen MR) is 128 cm³/mol. The van der Waals surface area contributed by atoms with Crippen molar-refractivity contribution < 1.29 is 14.4 Å². The fraction of sp³-hybridized carbons (Fsp3) is 0.0417. The van der Waals surface area contributed by atoms with Crippen LogP contribution in [-0.2, 0) is 11.2 Å². The summed E-state index contributed by atoms with van der Waals surface area (Å²) in [6, 6.07) is 18.4. The van der Waals surface area contributed by atoms with Crippen molar-refractivity contribution in [3.8, 4) is 0 Å². The number of benzene rings is 3. The highest BCUT2D eigenvalue weighted by molar-refractivity contribution is 6.35. The molecule has 166 valence electrons. The number of carbonyl (C=O) groups is 3. The summed E-state index contributed by atoms with van der Waals surface area (Å²) in [5.74, 6) is -1.22. The van der Waals surface area contributed by atoms with Gasteiger partial charge in [-0.1, -0.05) is 41.4 Å². The summed E-state index contributed by atoms with van der Waals surface area (Å²) in [6.45, 7) is 0. The first-order valence-corrected chi connectivity index (χ1v) is 10.7. The molecule has 0 saturated heterocycles. The fourth-order valence-corrected chi connectivity index (χ4v) is 3.81. The summed E-state index contributed by atoms with van der Waals surface area (Å²) in [4.78, 5) is 40.1. The van der Waals surface area contributed by atoms with Crippen molar-refractivity contribution in [3.63, 3.8) is 0 Å². The van der Waals surface area contributed by atoms with Gasteiger partial charge in [0.25, 0.3) is 11.8 Å². The van der Waals surface area contributed by atoms with E-state index in [2.05, 4.69) is 21.2 Å². The lowest BCUT2D eigenvalue weighted by molar-refractivity contribution is -0.121. The van der Waals surface area contributed by atoms with Crippen molar-refractivity contribution in [2.75, 3.05) is 5.32 Å². The minimum Gasteiger partial charge on any atom is -0.361 e. The number of hydrogen-bond donors (Lipinski definition) is 4. The minimum absolute atomic E-state index is 0.114. The van der Waals surface area contributed by atoms with Crippen LogP contribution in [0.5, 0.6) is 0 Å². The molecule has 4 aromatic rings. The Kier molecular flexibility index (Phi) is 6.63. The van der Waals surface area contributed by atoms with Crippen molar-refractivity contribution in [1.82, 2.24) is 15.8 Å². The molecule has 4 N–H and O–H groups in total. The molecule has 0 fully saturated rings. The van der Waals surface area contributed by atoms with Gasteiger partial charge in [-0.3, -0.25) is 25.2 Å². The number of aromatic amines is 1. The molecule has 33 heavy (non-hydrogen) atoms.